The van der Waals surface area contributed by atoms with Gasteiger partial charge in [0.15, 0.2) is 18.1 Å². The van der Waals surface area contributed by atoms with E-state index in [1.54, 1.807) is 46.4 Å². The number of fused-ring (bicyclic) bond motifs is 1. The van der Waals surface area contributed by atoms with Gasteiger partial charge in [0.05, 0.1) is 32.6 Å². The molecule has 2 aliphatic rings. The van der Waals surface area contributed by atoms with Gasteiger partial charge in [0.25, 0.3) is 5.91 Å². The van der Waals surface area contributed by atoms with E-state index < -0.39 is 0 Å². The van der Waals surface area contributed by atoms with E-state index in [1.807, 2.05) is 24.3 Å². The lowest BCUT2D eigenvalue weighted by atomic mass is 10.2. The Morgan fingerprint density at radius 2 is 1.73 bits per heavy atom. The van der Waals surface area contributed by atoms with Crippen LogP contribution in [-0.2, 0) is 27.4 Å². The molecule has 1 saturated heterocycles. The van der Waals surface area contributed by atoms with Crippen molar-refractivity contribution in [3.05, 3.63) is 77.2 Å². The molecule has 0 radical (unpaired) electrons. The molecule has 1 aromatic heterocycles. The number of hydrogen-bond acceptors (Lipinski definition) is 8. The van der Waals surface area contributed by atoms with Crippen LogP contribution in [0.25, 0.3) is 0 Å². The first kappa shape index (κ1) is 27.8. The third-order valence-corrected chi connectivity index (χ3v) is 6.99. The smallest absolute Gasteiger partial charge is 0.261 e. The quantitative estimate of drug-likeness (QED) is 0.327. The largest absolute Gasteiger partial charge is 0.484 e. The molecule has 2 aliphatic heterocycles. The highest BCUT2D eigenvalue weighted by molar-refractivity contribution is 6.30. The predicted molar refractivity (Wildman–Crippen MR) is 146 cm³/mol. The molecule has 0 atom stereocenters. The topological polar surface area (TPSA) is 93.9 Å². The van der Waals surface area contributed by atoms with Crippen molar-refractivity contribution < 1.29 is 33.0 Å². The number of amides is 2. The van der Waals surface area contributed by atoms with Crippen molar-refractivity contribution in [3.8, 4) is 17.2 Å². The van der Waals surface area contributed by atoms with Gasteiger partial charge in [0.2, 0.25) is 12.7 Å². The number of ether oxygens (including phenoxy) is 4. The van der Waals surface area contributed by atoms with Crippen molar-refractivity contribution in [2.75, 3.05) is 59.3 Å². The summed E-state index contributed by atoms with van der Waals surface area (Å²) in [6, 6.07) is 16.0. The van der Waals surface area contributed by atoms with Gasteiger partial charge in [-0.25, -0.2) is 0 Å². The maximum atomic E-state index is 13.7. The Morgan fingerprint density at radius 3 is 2.50 bits per heavy atom. The molecule has 5 rings (SSSR count). The first-order valence-electron chi connectivity index (χ1n) is 13.2. The first-order chi connectivity index (χ1) is 19.5. The number of morpholine rings is 1. The third-order valence-electron chi connectivity index (χ3n) is 6.73. The number of rotatable bonds is 12. The highest BCUT2D eigenvalue weighted by Crippen LogP contribution is 2.33. The molecule has 0 saturated carbocycles. The van der Waals surface area contributed by atoms with E-state index in [2.05, 4.69) is 4.90 Å². The molecule has 0 unspecified atom stereocenters. The van der Waals surface area contributed by atoms with Crippen LogP contribution >= 0.6 is 11.6 Å². The maximum Gasteiger partial charge on any atom is 0.261 e. The number of carbonyl (C=O) groups is 2. The molecule has 10 nitrogen and oxygen atoms in total. The van der Waals surface area contributed by atoms with Crippen LogP contribution in [-0.4, -0.2) is 85.9 Å². The first-order valence-corrected chi connectivity index (χ1v) is 13.6. The molecule has 1 fully saturated rings. The number of halogens is 1. The van der Waals surface area contributed by atoms with Crippen molar-refractivity contribution in [1.82, 2.24) is 14.7 Å². The fraction of sp³-hybridized carbons (Fsp3) is 0.379. The number of benzene rings is 2. The molecule has 0 bridgehead atoms. The van der Waals surface area contributed by atoms with Crippen LogP contribution < -0.4 is 14.2 Å². The molecule has 212 valence electrons. The SMILES string of the molecule is O=C(COc1ccc(Cl)cc1)N(CCN1CCOCC1)CC(=O)N(Cc1ccc2c(c1)OCO2)Cc1ccco1. The molecule has 2 amide bonds. The molecule has 11 heteroatoms. The summed E-state index contributed by atoms with van der Waals surface area (Å²) in [6.45, 7) is 4.33. The Balaban J connectivity index is 1.28. The summed E-state index contributed by atoms with van der Waals surface area (Å²) in [4.78, 5) is 32.5. The molecular weight excluding hydrogens is 538 g/mol. The second kappa shape index (κ2) is 13.6. The van der Waals surface area contributed by atoms with Gasteiger partial charge in [-0.3, -0.25) is 14.5 Å². The highest BCUT2D eigenvalue weighted by atomic mass is 35.5. The summed E-state index contributed by atoms with van der Waals surface area (Å²) < 4.78 is 27.6. The van der Waals surface area contributed by atoms with E-state index in [0.29, 0.717) is 60.9 Å². The van der Waals surface area contributed by atoms with Gasteiger partial charge in [-0.15, -0.1) is 0 Å². The molecule has 3 heterocycles. The third kappa shape index (κ3) is 7.68. The minimum absolute atomic E-state index is 0.0988. The Hall–Kier alpha value is -3.73. The Morgan fingerprint density at radius 1 is 0.925 bits per heavy atom. The van der Waals surface area contributed by atoms with Gasteiger partial charge < -0.3 is 33.2 Å². The van der Waals surface area contributed by atoms with Crippen molar-refractivity contribution in [2.45, 2.75) is 13.1 Å². The fourth-order valence-electron chi connectivity index (χ4n) is 4.49. The van der Waals surface area contributed by atoms with Crippen molar-refractivity contribution in [2.24, 2.45) is 0 Å². The van der Waals surface area contributed by atoms with Crippen molar-refractivity contribution in [1.29, 1.82) is 0 Å². The van der Waals surface area contributed by atoms with E-state index in [0.717, 1.165) is 18.7 Å². The predicted octanol–water partition coefficient (Wildman–Crippen LogP) is 3.43. The summed E-state index contributed by atoms with van der Waals surface area (Å²) in [6.07, 6.45) is 1.57. The number of nitrogens with zero attached hydrogens (tertiary/aromatic N) is 3. The number of carbonyl (C=O) groups excluding carboxylic acids is 2. The standard InChI is InChI=1S/C29H32ClN3O7/c30-23-4-6-24(7-5-23)38-20-29(35)32(10-9-31-11-14-36-15-12-31)19-28(34)33(18-25-2-1-13-37-25)17-22-3-8-26-27(16-22)40-21-39-26/h1-8,13,16H,9-12,14-15,17-21H2. The molecule has 40 heavy (non-hydrogen) atoms. The van der Waals surface area contributed by atoms with Crippen molar-refractivity contribution in [3.63, 3.8) is 0 Å². The van der Waals surface area contributed by atoms with Crippen LogP contribution in [0.4, 0.5) is 0 Å². The molecular formula is C29H32ClN3O7. The number of hydrogen-bond donors (Lipinski definition) is 0. The maximum absolute atomic E-state index is 13.7. The fourth-order valence-corrected chi connectivity index (χ4v) is 4.62. The molecule has 0 aliphatic carbocycles. The van der Waals surface area contributed by atoms with Gasteiger partial charge >= 0.3 is 0 Å². The molecule has 0 spiro atoms. The summed E-state index contributed by atoms with van der Waals surface area (Å²) >= 11 is 5.96. The normalized spacial score (nSPS) is 14.6. The van der Waals surface area contributed by atoms with Crippen LogP contribution in [0.5, 0.6) is 17.2 Å². The molecule has 0 N–H and O–H groups in total. The second-order valence-electron chi connectivity index (χ2n) is 9.53. The van der Waals surface area contributed by atoms with Gasteiger partial charge in [-0.1, -0.05) is 17.7 Å². The monoisotopic (exact) mass is 569 g/mol. The van der Waals surface area contributed by atoms with Gasteiger partial charge in [0.1, 0.15) is 11.5 Å². The van der Waals surface area contributed by atoms with E-state index in [-0.39, 0.29) is 38.3 Å². The van der Waals surface area contributed by atoms with Crippen LogP contribution in [0, 0.1) is 0 Å². The lowest BCUT2D eigenvalue weighted by Gasteiger charge is -2.31. The Kier molecular flexibility index (Phi) is 9.43. The lowest BCUT2D eigenvalue weighted by molar-refractivity contribution is -0.142. The zero-order valence-electron chi connectivity index (χ0n) is 22.1. The summed E-state index contributed by atoms with van der Waals surface area (Å²) in [5, 5.41) is 0.579. The van der Waals surface area contributed by atoms with Crippen LogP contribution in [0.15, 0.2) is 65.3 Å². The van der Waals surface area contributed by atoms with E-state index in [9.17, 15) is 9.59 Å². The zero-order valence-corrected chi connectivity index (χ0v) is 22.9. The second-order valence-corrected chi connectivity index (χ2v) is 9.97. The van der Waals surface area contributed by atoms with Gasteiger partial charge in [-0.05, 0) is 54.1 Å². The van der Waals surface area contributed by atoms with Crippen molar-refractivity contribution >= 4 is 23.4 Å². The molecule has 3 aromatic rings. The lowest BCUT2D eigenvalue weighted by Crippen LogP contribution is -2.48. The van der Waals surface area contributed by atoms with Crippen LogP contribution in [0.3, 0.4) is 0 Å². The van der Waals surface area contributed by atoms with Crippen LogP contribution in [0.2, 0.25) is 5.02 Å². The average molecular weight is 570 g/mol. The minimum atomic E-state index is -0.280. The molecule has 2 aromatic carbocycles. The van der Waals surface area contributed by atoms with E-state index >= 15 is 0 Å². The summed E-state index contributed by atoms with van der Waals surface area (Å²) in [5.74, 6) is 2.00. The summed E-state index contributed by atoms with van der Waals surface area (Å²) in [5.41, 5.74) is 0.876. The minimum Gasteiger partial charge on any atom is -0.484 e. The van der Waals surface area contributed by atoms with Gasteiger partial charge in [0, 0.05) is 37.7 Å². The number of furan rings is 1. The highest BCUT2D eigenvalue weighted by Gasteiger charge is 2.25. The average Bonchev–Trinajstić information content (AvgIpc) is 3.67. The Bertz CT molecular complexity index is 1260. The summed E-state index contributed by atoms with van der Waals surface area (Å²) in [7, 11) is 0. The Labute approximate surface area is 237 Å². The van der Waals surface area contributed by atoms with Crippen LogP contribution in [0.1, 0.15) is 11.3 Å². The van der Waals surface area contributed by atoms with E-state index in [4.69, 9.17) is 35.0 Å². The zero-order chi connectivity index (χ0) is 27.7. The van der Waals surface area contributed by atoms with Gasteiger partial charge in [-0.2, -0.15) is 0 Å². The van der Waals surface area contributed by atoms with E-state index in [1.165, 1.54) is 0 Å².